The molecular weight excluding hydrogens is 408 g/mol. The average molecular weight is 419 g/mol. The molecule has 2 N–H and O–H groups in total. The van der Waals surface area contributed by atoms with Crippen molar-refractivity contribution < 1.29 is 10.0 Å². The predicted molar refractivity (Wildman–Crippen MR) is 101 cm³/mol. The third-order valence-electron chi connectivity index (χ3n) is 3.23. The highest BCUT2D eigenvalue weighted by Gasteiger charge is 2.13. The van der Waals surface area contributed by atoms with Gasteiger partial charge in [-0.3, -0.25) is 15.5 Å². The van der Waals surface area contributed by atoms with E-state index in [2.05, 4.69) is 31.4 Å². The molecule has 1 heterocycles. The van der Waals surface area contributed by atoms with Crippen LogP contribution in [0.3, 0.4) is 0 Å². The number of non-ortho nitro benzene ring substituents is 1. The number of benzene rings is 2. The number of aromatic hydroxyl groups is 1. The first kappa shape index (κ1) is 17.1. The van der Waals surface area contributed by atoms with Gasteiger partial charge >= 0.3 is 0 Å². The summed E-state index contributed by atoms with van der Waals surface area (Å²) in [4.78, 5) is 14.8. The minimum Gasteiger partial charge on any atom is -0.506 e. The summed E-state index contributed by atoms with van der Waals surface area (Å²) in [5.41, 5.74) is 4.65. The molecule has 0 atom stereocenters. The molecule has 0 fully saturated rings. The number of hydrogen-bond donors (Lipinski definition) is 2. The third kappa shape index (κ3) is 4.01. The third-order valence-corrected chi connectivity index (χ3v) is 4.58. The summed E-state index contributed by atoms with van der Waals surface area (Å²) >= 11 is 4.46. The fraction of sp³-hybridized carbons (Fsp3) is 0. The number of phenols is 1. The molecular formula is C16H11BrN4O3S. The number of anilines is 1. The molecule has 0 unspecified atom stereocenters. The molecule has 9 heteroatoms. The van der Waals surface area contributed by atoms with Gasteiger partial charge in [0.05, 0.1) is 21.3 Å². The first-order valence-corrected chi connectivity index (χ1v) is 8.69. The van der Waals surface area contributed by atoms with Crippen LogP contribution in [-0.2, 0) is 0 Å². The van der Waals surface area contributed by atoms with Crippen molar-refractivity contribution in [3.8, 4) is 17.0 Å². The summed E-state index contributed by atoms with van der Waals surface area (Å²) in [5.74, 6) is -0.125. The Morgan fingerprint density at radius 2 is 2.08 bits per heavy atom. The van der Waals surface area contributed by atoms with Gasteiger partial charge in [0.2, 0.25) is 5.13 Å². The van der Waals surface area contributed by atoms with E-state index in [1.807, 2.05) is 35.7 Å². The van der Waals surface area contributed by atoms with Crippen molar-refractivity contribution in [1.29, 1.82) is 0 Å². The summed E-state index contributed by atoms with van der Waals surface area (Å²) in [7, 11) is 0. The highest BCUT2D eigenvalue weighted by Crippen LogP contribution is 2.31. The van der Waals surface area contributed by atoms with Crippen LogP contribution in [0.5, 0.6) is 5.75 Å². The molecule has 0 aliphatic rings. The van der Waals surface area contributed by atoms with Gasteiger partial charge < -0.3 is 5.11 Å². The molecule has 1 aromatic heterocycles. The van der Waals surface area contributed by atoms with E-state index in [-0.39, 0.29) is 21.5 Å². The Morgan fingerprint density at radius 3 is 2.80 bits per heavy atom. The fourth-order valence-electron chi connectivity index (χ4n) is 2.03. The SMILES string of the molecule is O=[N+]([O-])c1cc(Br)c(O)c(C=NNc2nc(-c3ccccc3)cs2)c1. The highest BCUT2D eigenvalue weighted by molar-refractivity contribution is 9.10. The van der Waals surface area contributed by atoms with Crippen LogP contribution < -0.4 is 5.43 Å². The number of thiazole rings is 1. The topological polar surface area (TPSA) is 101 Å². The van der Waals surface area contributed by atoms with E-state index in [0.717, 1.165) is 11.3 Å². The van der Waals surface area contributed by atoms with Crippen LogP contribution in [0.4, 0.5) is 10.8 Å². The Labute approximate surface area is 155 Å². The molecule has 3 rings (SSSR count). The van der Waals surface area contributed by atoms with Gasteiger partial charge in [0, 0.05) is 28.6 Å². The second kappa shape index (κ2) is 7.41. The number of nitro benzene ring substituents is 1. The lowest BCUT2D eigenvalue weighted by atomic mass is 10.2. The lowest BCUT2D eigenvalue weighted by Crippen LogP contribution is -1.94. The van der Waals surface area contributed by atoms with Gasteiger partial charge in [0.1, 0.15) is 5.75 Å². The van der Waals surface area contributed by atoms with E-state index >= 15 is 0 Å². The molecule has 7 nitrogen and oxygen atoms in total. The summed E-state index contributed by atoms with van der Waals surface area (Å²) in [5, 5.41) is 27.3. The molecule has 126 valence electrons. The number of phenolic OH excluding ortho intramolecular Hbond substituents is 1. The van der Waals surface area contributed by atoms with Gasteiger partial charge in [-0.15, -0.1) is 11.3 Å². The summed E-state index contributed by atoms with van der Waals surface area (Å²) < 4.78 is 0.226. The van der Waals surface area contributed by atoms with Crippen molar-refractivity contribution in [2.24, 2.45) is 5.10 Å². The molecule has 0 aliphatic carbocycles. The quantitative estimate of drug-likeness (QED) is 0.357. The normalized spacial score (nSPS) is 10.9. The van der Waals surface area contributed by atoms with Crippen molar-refractivity contribution in [3.63, 3.8) is 0 Å². The van der Waals surface area contributed by atoms with Crippen LogP contribution in [0.1, 0.15) is 5.56 Å². The monoisotopic (exact) mass is 418 g/mol. The molecule has 3 aromatic rings. The van der Waals surface area contributed by atoms with Crippen LogP contribution in [0.2, 0.25) is 0 Å². The number of nitro groups is 1. The number of hydrogen-bond acceptors (Lipinski definition) is 7. The maximum Gasteiger partial charge on any atom is 0.271 e. The predicted octanol–water partition coefficient (Wildman–Crippen LogP) is 4.63. The fourth-order valence-corrected chi connectivity index (χ4v) is 3.16. The largest absolute Gasteiger partial charge is 0.506 e. The van der Waals surface area contributed by atoms with Crippen molar-refractivity contribution in [2.45, 2.75) is 0 Å². The molecule has 0 saturated carbocycles. The molecule has 0 bridgehead atoms. The number of rotatable bonds is 5. The summed E-state index contributed by atoms with van der Waals surface area (Å²) in [6.07, 6.45) is 1.30. The van der Waals surface area contributed by atoms with Crippen molar-refractivity contribution in [3.05, 3.63) is 68.0 Å². The molecule has 0 spiro atoms. The summed E-state index contributed by atoms with van der Waals surface area (Å²) in [6, 6.07) is 12.2. The number of halogens is 1. The number of nitrogens with zero attached hydrogens (tertiary/aromatic N) is 3. The number of nitrogens with one attached hydrogen (secondary N) is 1. The lowest BCUT2D eigenvalue weighted by Gasteiger charge is -2.02. The molecule has 25 heavy (non-hydrogen) atoms. The van der Waals surface area contributed by atoms with Gasteiger partial charge in [0.25, 0.3) is 5.69 Å². The molecule has 0 aliphatic heterocycles. The smallest absolute Gasteiger partial charge is 0.271 e. The van der Waals surface area contributed by atoms with Gasteiger partial charge in [-0.1, -0.05) is 30.3 Å². The zero-order valence-corrected chi connectivity index (χ0v) is 15.0. The van der Waals surface area contributed by atoms with E-state index in [4.69, 9.17) is 0 Å². The Balaban J connectivity index is 1.76. The minimum absolute atomic E-state index is 0.125. The highest BCUT2D eigenvalue weighted by atomic mass is 79.9. The van der Waals surface area contributed by atoms with Crippen LogP contribution in [-0.4, -0.2) is 21.2 Å². The van der Waals surface area contributed by atoms with Crippen LogP contribution in [0.25, 0.3) is 11.3 Å². The molecule has 0 saturated heterocycles. The van der Waals surface area contributed by atoms with Gasteiger partial charge in [0.15, 0.2) is 0 Å². The van der Waals surface area contributed by atoms with E-state index in [9.17, 15) is 15.2 Å². The average Bonchev–Trinajstić information content (AvgIpc) is 3.08. The Hall–Kier alpha value is -2.78. The molecule has 2 aromatic carbocycles. The zero-order chi connectivity index (χ0) is 17.8. The van der Waals surface area contributed by atoms with Crippen molar-refractivity contribution in [2.75, 3.05) is 5.43 Å². The van der Waals surface area contributed by atoms with Crippen LogP contribution >= 0.6 is 27.3 Å². The summed E-state index contributed by atoms with van der Waals surface area (Å²) in [6.45, 7) is 0. The van der Waals surface area contributed by atoms with Crippen molar-refractivity contribution >= 4 is 44.3 Å². The van der Waals surface area contributed by atoms with Gasteiger partial charge in [-0.2, -0.15) is 5.10 Å². The van der Waals surface area contributed by atoms with E-state index in [1.54, 1.807) is 0 Å². The minimum atomic E-state index is -0.540. The lowest BCUT2D eigenvalue weighted by molar-refractivity contribution is -0.385. The second-order valence-electron chi connectivity index (χ2n) is 4.90. The Bertz CT molecular complexity index is 944. The second-order valence-corrected chi connectivity index (χ2v) is 6.61. The van der Waals surface area contributed by atoms with E-state index in [0.29, 0.717) is 5.13 Å². The first-order valence-electron chi connectivity index (χ1n) is 7.01. The molecule has 0 radical (unpaired) electrons. The van der Waals surface area contributed by atoms with E-state index in [1.165, 1.54) is 29.7 Å². The number of hydrazone groups is 1. The van der Waals surface area contributed by atoms with Gasteiger partial charge in [-0.05, 0) is 15.9 Å². The zero-order valence-electron chi connectivity index (χ0n) is 12.6. The van der Waals surface area contributed by atoms with E-state index < -0.39 is 4.92 Å². The maximum absolute atomic E-state index is 10.9. The van der Waals surface area contributed by atoms with Crippen LogP contribution in [0.15, 0.2) is 57.4 Å². The Morgan fingerprint density at radius 1 is 1.32 bits per heavy atom. The van der Waals surface area contributed by atoms with Crippen LogP contribution in [0, 0.1) is 10.1 Å². The standard InChI is InChI=1S/C16H11BrN4O3S/c17-13-7-12(21(23)24)6-11(15(13)22)8-18-20-16-19-14(9-25-16)10-4-2-1-3-5-10/h1-9,22H,(H,19,20). The van der Waals surface area contributed by atoms with Crippen molar-refractivity contribution in [1.82, 2.24) is 4.98 Å². The maximum atomic E-state index is 10.9. The first-order chi connectivity index (χ1) is 12.0. The molecule has 0 amide bonds. The Kier molecular flexibility index (Phi) is 5.05. The van der Waals surface area contributed by atoms with Gasteiger partial charge in [-0.25, -0.2) is 4.98 Å². The number of aromatic nitrogens is 1.